The maximum atomic E-state index is 11.8. The zero-order valence-corrected chi connectivity index (χ0v) is 10.8. The van der Waals surface area contributed by atoms with Crippen molar-refractivity contribution in [2.24, 2.45) is 0 Å². The van der Waals surface area contributed by atoms with E-state index in [4.69, 9.17) is 14.2 Å². The van der Waals surface area contributed by atoms with E-state index in [0.29, 0.717) is 25.4 Å². The number of ether oxygens (including phenoxy) is 3. The molecule has 0 unspecified atom stereocenters. The van der Waals surface area contributed by atoms with Gasteiger partial charge in [0.1, 0.15) is 0 Å². The van der Waals surface area contributed by atoms with E-state index in [1.165, 1.54) is 0 Å². The summed E-state index contributed by atoms with van der Waals surface area (Å²) in [5, 5.41) is 0. The third-order valence-corrected chi connectivity index (χ3v) is 3.80. The number of thiophene rings is 1. The summed E-state index contributed by atoms with van der Waals surface area (Å²) in [5.41, 5.74) is 0.647. The van der Waals surface area contributed by atoms with Crippen LogP contribution < -0.4 is 0 Å². The highest BCUT2D eigenvalue weighted by Gasteiger charge is 2.24. The Kier molecular flexibility index (Phi) is 4.15. The van der Waals surface area contributed by atoms with E-state index < -0.39 is 0 Å². The molecule has 1 fully saturated rings. The molecule has 0 amide bonds. The molecule has 0 aromatic carbocycles. The molecular weight excluding hydrogens is 240 g/mol. The minimum absolute atomic E-state index is 0.259. The summed E-state index contributed by atoms with van der Waals surface area (Å²) in [4.78, 5) is 13.7. The number of esters is 1. The van der Waals surface area contributed by atoms with E-state index >= 15 is 0 Å². The van der Waals surface area contributed by atoms with Crippen LogP contribution >= 0.6 is 11.3 Å². The molecule has 0 bridgehead atoms. The molecule has 17 heavy (non-hydrogen) atoms. The molecule has 0 N–H and O–H groups in total. The van der Waals surface area contributed by atoms with E-state index in [1.807, 2.05) is 13.0 Å². The van der Waals surface area contributed by atoms with Crippen molar-refractivity contribution in [1.82, 2.24) is 0 Å². The first-order chi connectivity index (χ1) is 8.26. The monoisotopic (exact) mass is 256 g/mol. The van der Waals surface area contributed by atoms with Gasteiger partial charge in [-0.25, -0.2) is 4.79 Å². The largest absolute Gasteiger partial charge is 0.462 e. The van der Waals surface area contributed by atoms with Crippen LogP contribution in [0.15, 0.2) is 6.07 Å². The van der Waals surface area contributed by atoms with Gasteiger partial charge in [0.25, 0.3) is 0 Å². The van der Waals surface area contributed by atoms with Crippen molar-refractivity contribution in [2.45, 2.75) is 26.6 Å². The minimum Gasteiger partial charge on any atom is -0.462 e. The molecule has 1 saturated heterocycles. The average molecular weight is 256 g/mol. The van der Waals surface area contributed by atoms with Crippen LogP contribution in [0.5, 0.6) is 0 Å². The highest BCUT2D eigenvalue weighted by atomic mass is 32.1. The van der Waals surface area contributed by atoms with Crippen LogP contribution in [0.2, 0.25) is 0 Å². The Morgan fingerprint density at radius 2 is 2.18 bits per heavy atom. The molecular formula is C12H16O4S. The molecule has 1 aliphatic heterocycles. The highest BCUT2D eigenvalue weighted by Crippen LogP contribution is 2.33. The Hall–Kier alpha value is -0.910. The molecule has 0 atom stereocenters. The molecule has 0 aliphatic carbocycles. The van der Waals surface area contributed by atoms with Crippen LogP contribution in [0.3, 0.4) is 0 Å². The summed E-state index contributed by atoms with van der Waals surface area (Å²) in [7, 11) is 0. The number of carbonyl (C=O) groups excluding carboxylic acids is 1. The molecule has 1 aliphatic rings. The lowest BCUT2D eigenvalue weighted by atomic mass is 10.2. The Balaban J connectivity index is 2.22. The summed E-state index contributed by atoms with van der Waals surface area (Å²) < 4.78 is 15.9. The fourth-order valence-corrected chi connectivity index (χ4v) is 2.82. The molecule has 0 spiro atoms. The third-order valence-electron chi connectivity index (χ3n) is 2.50. The van der Waals surface area contributed by atoms with E-state index in [-0.39, 0.29) is 12.3 Å². The van der Waals surface area contributed by atoms with Gasteiger partial charge in [-0.05, 0) is 19.4 Å². The molecule has 4 nitrogen and oxygen atoms in total. The lowest BCUT2D eigenvalue weighted by molar-refractivity contribution is -0.0413. The maximum Gasteiger partial charge on any atom is 0.339 e. The van der Waals surface area contributed by atoms with Gasteiger partial charge in [0.15, 0.2) is 6.29 Å². The summed E-state index contributed by atoms with van der Waals surface area (Å²) in [6, 6.07) is 1.83. The van der Waals surface area contributed by atoms with Gasteiger partial charge in [-0.1, -0.05) is 6.92 Å². The lowest BCUT2D eigenvalue weighted by Gasteiger charge is -2.04. The predicted octanol–water partition coefficient (Wildman–Crippen LogP) is 2.53. The van der Waals surface area contributed by atoms with Gasteiger partial charge in [-0.15, -0.1) is 11.3 Å². The normalized spacial score (nSPS) is 16.4. The number of rotatable bonds is 4. The fourth-order valence-electron chi connectivity index (χ4n) is 1.73. The minimum atomic E-state index is -0.312. The van der Waals surface area contributed by atoms with Crippen molar-refractivity contribution in [3.8, 4) is 0 Å². The standard InChI is InChI=1S/C12H16O4S/c1-3-9-8(11(13)14-4-2)7-10(17-9)12-15-5-6-16-12/h7,12H,3-6H2,1-2H3. The first kappa shape index (κ1) is 12.5. The molecule has 1 aromatic rings. The zero-order valence-electron chi connectivity index (χ0n) is 10.0. The van der Waals surface area contributed by atoms with Gasteiger partial charge < -0.3 is 14.2 Å². The molecule has 0 radical (unpaired) electrons. The second-order valence-electron chi connectivity index (χ2n) is 3.63. The van der Waals surface area contributed by atoms with Crippen LogP contribution in [-0.2, 0) is 20.6 Å². The van der Waals surface area contributed by atoms with Gasteiger partial charge in [-0.2, -0.15) is 0 Å². The summed E-state index contributed by atoms with van der Waals surface area (Å²) >= 11 is 1.56. The molecule has 0 saturated carbocycles. The topological polar surface area (TPSA) is 44.8 Å². The smallest absolute Gasteiger partial charge is 0.339 e. The third kappa shape index (κ3) is 2.68. The van der Waals surface area contributed by atoms with E-state index in [1.54, 1.807) is 18.3 Å². The number of hydrogen-bond donors (Lipinski definition) is 0. The number of carbonyl (C=O) groups is 1. The van der Waals surface area contributed by atoms with Crippen molar-refractivity contribution in [1.29, 1.82) is 0 Å². The zero-order chi connectivity index (χ0) is 12.3. The summed E-state index contributed by atoms with van der Waals surface area (Å²) in [5.74, 6) is -0.259. The number of hydrogen-bond acceptors (Lipinski definition) is 5. The molecule has 1 aromatic heterocycles. The van der Waals surface area contributed by atoms with Crippen LogP contribution in [-0.4, -0.2) is 25.8 Å². The van der Waals surface area contributed by atoms with E-state index in [2.05, 4.69) is 0 Å². The summed E-state index contributed by atoms with van der Waals surface area (Å²) in [6.45, 7) is 5.44. The first-order valence-corrected chi connectivity index (χ1v) is 6.60. The van der Waals surface area contributed by atoms with Crippen LogP contribution in [0.4, 0.5) is 0 Å². The van der Waals surface area contributed by atoms with Gasteiger partial charge in [0.05, 0.1) is 30.3 Å². The Bertz CT molecular complexity index is 393. The summed E-state index contributed by atoms with van der Waals surface area (Å²) in [6.07, 6.45) is 0.499. The maximum absolute atomic E-state index is 11.8. The molecule has 2 rings (SSSR count). The van der Waals surface area contributed by atoms with Crippen LogP contribution in [0.25, 0.3) is 0 Å². The van der Waals surface area contributed by atoms with Crippen molar-refractivity contribution in [3.05, 3.63) is 21.4 Å². The van der Waals surface area contributed by atoms with Crippen molar-refractivity contribution in [3.63, 3.8) is 0 Å². The van der Waals surface area contributed by atoms with Crippen LogP contribution in [0.1, 0.15) is 40.2 Å². The van der Waals surface area contributed by atoms with Crippen molar-refractivity contribution < 1.29 is 19.0 Å². The van der Waals surface area contributed by atoms with Crippen LogP contribution in [0, 0.1) is 0 Å². The Morgan fingerprint density at radius 1 is 1.47 bits per heavy atom. The average Bonchev–Trinajstić information content (AvgIpc) is 2.97. The second kappa shape index (κ2) is 5.62. The van der Waals surface area contributed by atoms with E-state index in [9.17, 15) is 4.79 Å². The van der Waals surface area contributed by atoms with Crippen molar-refractivity contribution in [2.75, 3.05) is 19.8 Å². The Labute approximate surface area is 104 Å². The predicted molar refractivity (Wildman–Crippen MR) is 64.3 cm³/mol. The van der Waals surface area contributed by atoms with Crippen molar-refractivity contribution >= 4 is 17.3 Å². The highest BCUT2D eigenvalue weighted by molar-refractivity contribution is 7.12. The van der Waals surface area contributed by atoms with Gasteiger partial charge in [0.2, 0.25) is 0 Å². The molecule has 2 heterocycles. The van der Waals surface area contributed by atoms with Gasteiger partial charge in [-0.3, -0.25) is 0 Å². The SMILES string of the molecule is CCOC(=O)c1cc(C2OCCO2)sc1CC. The lowest BCUT2D eigenvalue weighted by Crippen LogP contribution is -2.05. The van der Waals surface area contributed by atoms with Gasteiger partial charge >= 0.3 is 5.97 Å². The van der Waals surface area contributed by atoms with Gasteiger partial charge in [0, 0.05) is 4.88 Å². The first-order valence-electron chi connectivity index (χ1n) is 5.79. The number of aryl methyl sites for hydroxylation is 1. The van der Waals surface area contributed by atoms with E-state index in [0.717, 1.165) is 16.2 Å². The quantitative estimate of drug-likeness (QED) is 0.777. The fraction of sp³-hybridized carbons (Fsp3) is 0.583. The Morgan fingerprint density at radius 3 is 2.76 bits per heavy atom. The molecule has 94 valence electrons. The second-order valence-corrected chi connectivity index (χ2v) is 4.80. The molecule has 5 heteroatoms.